The van der Waals surface area contributed by atoms with Crippen LogP contribution in [0.25, 0.3) is 10.9 Å². The van der Waals surface area contributed by atoms with Gasteiger partial charge in [0.05, 0.1) is 17.1 Å². The first kappa shape index (κ1) is 21.3. The van der Waals surface area contributed by atoms with Gasteiger partial charge in [0.15, 0.2) is 11.5 Å². The Morgan fingerprint density at radius 3 is 2.74 bits per heavy atom. The molecule has 0 bridgehead atoms. The lowest BCUT2D eigenvalue weighted by molar-refractivity contribution is 0.174. The lowest BCUT2D eigenvalue weighted by Gasteiger charge is -2.16. The van der Waals surface area contributed by atoms with Gasteiger partial charge in [-0.25, -0.2) is 4.79 Å². The zero-order valence-electron chi connectivity index (χ0n) is 18.6. The smallest absolute Gasteiger partial charge is 0.349 e. The summed E-state index contributed by atoms with van der Waals surface area (Å²) in [6, 6.07) is 18.0. The van der Waals surface area contributed by atoms with Crippen molar-refractivity contribution in [2.75, 3.05) is 25.8 Å². The molecule has 34 heavy (non-hydrogen) atoms. The third-order valence-corrected chi connectivity index (χ3v) is 5.44. The molecule has 0 aliphatic carbocycles. The third-order valence-electron chi connectivity index (χ3n) is 5.44. The van der Waals surface area contributed by atoms with E-state index in [1.807, 2.05) is 55.4 Å². The first-order valence-electron chi connectivity index (χ1n) is 10.6. The van der Waals surface area contributed by atoms with Crippen molar-refractivity contribution < 1.29 is 14.2 Å². The van der Waals surface area contributed by atoms with E-state index in [4.69, 9.17) is 14.2 Å². The minimum absolute atomic E-state index is 0.207. The maximum absolute atomic E-state index is 12.8. The SMILES string of the molecule is CN(C)c1ccc(C=Nn2c(=O)[nH]c3ccccc3c2=O)c(OCc2ccc3c(c2)OCO3)c1. The Labute approximate surface area is 194 Å². The van der Waals surface area contributed by atoms with E-state index < -0.39 is 11.2 Å². The van der Waals surface area contributed by atoms with Gasteiger partial charge in [-0.1, -0.05) is 18.2 Å². The molecular weight excluding hydrogens is 436 g/mol. The fourth-order valence-electron chi connectivity index (χ4n) is 3.60. The minimum Gasteiger partial charge on any atom is -0.488 e. The molecule has 5 rings (SSSR count). The van der Waals surface area contributed by atoms with Crippen LogP contribution in [0.2, 0.25) is 0 Å². The van der Waals surface area contributed by atoms with Crippen molar-refractivity contribution in [1.29, 1.82) is 0 Å². The van der Waals surface area contributed by atoms with Gasteiger partial charge in [-0.3, -0.25) is 4.79 Å². The Balaban J connectivity index is 1.47. The normalized spacial score (nSPS) is 12.4. The first-order valence-corrected chi connectivity index (χ1v) is 10.6. The second kappa shape index (κ2) is 8.78. The topological polar surface area (TPSA) is 98.2 Å². The Morgan fingerprint density at radius 2 is 1.88 bits per heavy atom. The zero-order valence-corrected chi connectivity index (χ0v) is 18.6. The molecule has 0 spiro atoms. The monoisotopic (exact) mass is 458 g/mol. The van der Waals surface area contributed by atoms with Crippen LogP contribution in [0.4, 0.5) is 5.69 Å². The van der Waals surface area contributed by atoms with E-state index in [-0.39, 0.29) is 13.4 Å². The van der Waals surface area contributed by atoms with E-state index >= 15 is 0 Å². The summed E-state index contributed by atoms with van der Waals surface area (Å²) >= 11 is 0. The molecule has 0 radical (unpaired) electrons. The molecule has 2 heterocycles. The summed E-state index contributed by atoms with van der Waals surface area (Å²) in [4.78, 5) is 29.8. The van der Waals surface area contributed by atoms with Crippen molar-refractivity contribution in [2.45, 2.75) is 6.61 Å². The number of para-hydroxylation sites is 1. The summed E-state index contributed by atoms with van der Waals surface area (Å²) in [6.07, 6.45) is 1.44. The van der Waals surface area contributed by atoms with Crippen molar-refractivity contribution in [3.8, 4) is 17.2 Å². The van der Waals surface area contributed by atoms with Gasteiger partial charge in [-0.15, -0.1) is 4.68 Å². The number of ether oxygens (including phenoxy) is 3. The molecule has 4 aromatic rings. The second-order valence-electron chi connectivity index (χ2n) is 7.93. The van der Waals surface area contributed by atoms with Crippen LogP contribution in [0.3, 0.4) is 0 Å². The number of fused-ring (bicyclic) bond motifs is 2. The van der Waals surface area contributed by atoms with Crippen LogP contribution in [0.15, 0.2) is 75.4 Å². The summed E-state index contributed by atoms with van der Waals surface area (Å²) in [5.74, 6) is 1.94. The second-order valence-corrected chi connectivity index (χ2v) is 7.93. The van der Waals surface area contributed by atoms with Crippen LogP contribution in [-0.4, -0.2) is 36.8 Å². The van der Waals surface area contributed by atoms with Gasteiger partial charge in [-0.05, 0) is 42.0 Å². The Morgan fingerprint density at radius 1 is 1.06 bits per heavy atom. The summed E-state index contributed by atoms with van der Waals surface area (Å²) in [5, 5.41) is 4.54. The van der Waals surface area contributed by atoms with E-state index in [1.54, 1.807) is 24.3 Å². The van der Waals surface area contributed by atoms with Crippen molar-refractivity contribution in [3.05, 3.63) is 92.6 Å². The number of aromatic amines is 1. The molecule has 3 aromatic carbocycles. The molecule has 0 atom stereocenters. The highest BCUT2D eigenvalue weighted by atomic mass is 16.7. The first-order chi connectivity index (χ1) is 16.5. The van der Waals surface area contributed by atoms with Crippen molar-refractivity contribution in [2.24, 2.45) is 5.10 Å². The summed E-state index contributed by atoms with van der Waals surface area (Å²) < 4.78 is 17.7. The summed E-state index contributed by atoms with van der Waals surface area (Å²) in [5.41, 5.74) is 1.80. The van der Waals surface area contributed by atoms with E-state index in [1.165, 1.54) is 6.21 Å². The largest absolute Gasteiger partial charge is 0.488 e. The number of benzene rings is 3. The summed E-state index contributed by atoms with van der Waals surface area (Å²) in [6.45, 7) is 0.489. The van der Waals surface area contributed by atoms with Gasteiger partial charge in [0.25, 0.3) is 5.56 Å². The fraction of sp³-hybridized carbons (Fsp3) is 0.160. The van der Waals surface area contributed by atoms with Crippen LogP contribution in [0, 0.1) is 0 Å². The van der Waals surface area contributed by atoms with Crippen LogP contribution in [0.1, 0.15) is 11.1 Å². The lowest BCUT2D eigenvalue weighted by Crippen LogP contribution is -2.32. The van der Waals surface area contributed by atoms with Crippen molar-refractivity contribution in [3.63, 3.8) is 0 Å². The highest BCUT2D eigenvalue weighted by molar-refractivity contribution is 5.85. The van der Waals surface area contributed by atoms with Crippen LogP contribution >= 0.6 is 0 Å². The van der Waals surface area contributed by atoms with E-state index in [0.29, 0.717) is 33.7 Å². The molecule has 9 nitrogen and oxygen atoms in total. The van der Waals surface area contributed by atoms with Gasteiger partial charge in [-0.2, -0.15) is 5.10 Å². The maximum Gasteiger partial charge on any atom is 0.349 e. The predicted octanol–water partition coefficient (Wildman–Crippen LogP) is 2.95. The molecule has 1 aromatic heterocycles. The number of hydrogen-bond donors (Lipinski definition) is 1. The van der Waals surface area contributed by atoms with Crippen molar-refractivity contribution >= 4 is 22.8 Å². The molecule has 0 fully saturated rings. The number of hydrogen-bond acceptors (Lipinski definition) is 7. The molecule has 1 aliphatic heterocycles. The molecule has 172 valence electrons. The third kappa shape index (κ3) is 4.11. The number of nitrogens with one attached hydrogen (secondary N) is 1. The molecule has 0 amide bonds. The maximum atomic E-state index is 12.8. The summed E-state index contributed by atoms with van der Waals surface area (Å²) in [7, 11) is 3.86. The van der Waals surface area contributed by atoms with E-state index in [9.17, 15) is 9.59 Å². The van der Waals surface area contributed by atoms with E-state index in [0.717, 1.165) is 15.9 Å². The molecule has 1 N–H and O–H groups in total. The zero-order chi connectivity index (χ0) is 23.7. The standard InChI is InChI=1S/C25H22N4O5/c1-28(2)18-9-8-17(13-26-29-24(30)19-5-3-4-6-20(19)27-25(29)31)22(12-18)32-14-16-7-10-21-23(11-16)34-15-33-21/h3-13H,14-15H2,1-2H3,(H,27,31). The molecule has 0 saturated heterocycles. The van der Waals surface area contributed by atoms with Crippen LogP contribution in [0.5, 0.6) is 17.2 Å². The average molecular weight is 458 g/mol. The lowest BCUT2D eigenvalue weighted by atomic mass is 10.1. The highest BCUT2D eigenvalue weighted by Crippen LogP contribution is 2.33. The number of rotatable bonds is 6. The van der Waals surface area contributed by atoms with Crippen LogP contribution < -0.4 is 30.4 Å². The minimum atomic E-state index is -0.618. The number of aromatic nitrogens is 2. The Bertz CT molecular complexity index is 1520. The van der Waals surface area contributed by atoms with Gasteiger partial charge >= 0.3 is 5.69 Å². The molecule has 9 heteroatoms. The predicted molar refractivity (Wildman–Crippen MR) is 129 cm³/mol. The molecular formula is C25H22N4O5. The molecule has 1 aliphatic rings. The number of anilines is 1. The highest BCUT2D eigenvalue weighted by Gasteiger charge is 2.14. The number of H-pyrrole nitrogens is 1. The Hall–Kier alpha value is -4.53. The quantitative estimate of drug-likeness (QED) is 0.446. The fourth-order valence-corrected chi connectivity index (χ4v) is 3.60. The average Bonchev–Trinajstić information content (AvgIpc) is 3.31. The van der Waals surface area contributed by atoms with Crippen molar-refractivity contribution in [1.82, 2.24) is 9.66 Å². The van der Waals surface area contributed by atoms with E-state index in [2.05, 4.69) is 10.1 Å². The Kier molecular flexibility index (Phi) is 5.51. The molecule has 0 unspecified atom stereocenters. The van der Waals surface area contributed by atoms with Crippen LogP contribution in [-0.2, 0) is 6.61 Å². The van der Waals surface area contributed by atoms with Gasteiger partial charge in [0.2, 0.25) is 6.79 Å². The molecule has 0 saturated carbocycles. The number of nitrogens with zero attached hydrogens (tertiary/aromatic N) is 3. The van der Waals surface area contributed by atoms with Gasteiger partial charge in [0.1, 0.15) is 12.4 Å². The van der Waals surface area contributed by atoms with Gasteiger partial charge < -0.3 is 24.1 Å². The van der Waals surface area contributed by atoms with Gasteiger partial charge in [0, 0.05) is 31.4 Å².